The highest BCUT2D eigenvalue weighted by Gasteiger charge is 2.22. The van der Waals surface area contributed by atoms with E-state index in [9.17, 15) is 18.5 Å². The largest absolute Gasteiger partial charge is 0.367 e. The van der Waals surface area contributed by atoms with Gasteiger partial charge in [0.15, 0.2) is 0 Å². The minimum absolute atomic E-state index is 0.0323. The summed E-state index contributed by atoms with van der Waals surface area (Å²) in [5, 5.41) is 22.5. The van der Waals surface area contributed by atoms with Gasteiger partial charge in [-0.25, -0.2) is 0 Å². The van der Waals surface area contributed by atoms with Crippen molar-refractivity contribution >= 4 is 39.6 Å². The Balaban J connectivity index is 2.33. The highest BCUT2D eigenvalue weighted by molar-refractivity contribution is 7.86. The lowest BCUT2D eigenvalue weighted by Crippen LogP contribution is -2.34. The van der Waals surface area contributed by atoms with Gasteiger partial charge in [-0.1, -0.05) is 34.5 Å². The number of nitro benzene ring substituents is 1. The average molecular weight is 412 g/mol. The van der Waals surface area contributed by atoms with Crippen molar-refractivity contribution in [3.8, 4) is 0 Å². The van der Waals surface area contributed by atoms with Gasteiger partial charge in [0, 0.05) is 11.1 Å². The number of guanidine groups is 1. The number of nitrogens with two attached hydrogens (primary N) is 1. The van der Waals surface area contributed by atoms with Crippen LogP contribution in [-0.4, -0.2) is 30.7 Å². The summed E-state index contributed by atoms with van der Waals surface area (Å²) in [5.74, 6) is -0.855. The predicted octanol–water partition coefficient (Wildman–Crippen LogP) is 2.41. The van der Waals surface area contributed by atoms with Gasteiger partial charge < -0.3 is 5.73 Å². The molecule has 0 aromatic heterocycles. The molecule has 0 spiro atoms. The normalized spacial score (nSPS) is 11.5. The molecule has 3 N–H and O–H groups in total. The number of aryl methyl sites for hydroxylation is 1. The second kappa shape index (κ2) is 8.12. The van der Waals surface area contributed by atoms with Gasteiger partial charge in [-0.15, -0.1) is 9.39 Å². The first-order valence-electron chi connectivity index (χ1n) is 7.23. The molecule has 0 heterocycles. The Bertz CT molecular complexity index is 1010. The van der Waals surface area contributed by atoms with Crippen LogP contribution < -0.4 is 5.73 Å². The number of nitrogens with one attached hydrogen (secondary N) is 1. The molecule has 2 aromatic carbocycles. The van der Waals surface area contributed by atoms with E-state index in [1.165, 1.54) is 24.3 Å². The van der Waals surface area contributed by atoms with Crippen LogP contribution in [0, 0.1) is 22.4 Å². The van der Waals surface area contributed by atoms with E-state index in [1.807, 2.05) is 0 Å². The number of hydrogen-bond donors (Lipinski definition) is 2. The van der Waals surface area contributed by atoms with E-state index in [0.29, 0.717) is 0 Å². The Morgan fingerprint density at radius 3 is 2.52 bits per heavy atom. The monoisotopic (exact) mass is 411 g/mol. The number of rotatable bonds is 6. The highest BCUT2D eigenvalue weighted by Crippen LogP contribution is 2.21. The Morgan fingerprint density at radius 1 is 1.33 bits per heavy atom. The molecule has 0 saturated heterocycles. The summed E-state index contributed by atoms with van der Waals surface area (Å²) in [6.07, 6.45) is 0.913. The number of nitrogens with zero attached hydrogens (tertiary/aromatic N) is 3. The maximum atomic E-state index is 12.3. The Hall–Kier alpha value is -3.02. The zero-order valence-corrected chi connectivity index (χ0v) is 15.4. The van der Waals surface area contributed by atoms with E-state index in [0.717, 1.165) is 17.8 Å². The average Bonchev–Trinajstić information content (AvgIpc) is 2.58. The number of nitro groups is 1. The van der Waals surface area contributed by atoms with Gasteiger partial charge in [0.1, 0.15) is 0 Å². The van der Waals surface area contributed by atoms with Crippen LogP contribution in [-0.2, 0) is 14.4 Å². The van der Waals surface area contributed by atoms with Crippen LogP contribution in [0.5, 0.6) is 0 Å². The van der Waals surface area contributed by atoms with Crippen molar-refractivity contribution in [2.45, 2.75) is 11.8 Å². The van der Waals surface area contributed by atoms with Crippen LogP contribution in [0.25, 0.3) is 0 Å². The van der Waals surface area contributed by atoms with Gasteiger partial charge >= 0.3 is 10.1 Å². The molecule has 2 aromatic rings. The summed E-state index contributed by atoms with van der Waals surface area (Å²) >= 11 is 5.81. The standard InChI is InChI=1S/C15H14ClN5O5S/c1-10-2-5-13(6-3-10)27(24,25)26-20(15(17)18)19-9-11-8-12(16)4-7-14(11)21(22)23/h2-9H,1H3,(H3,17,18). The van der Waals surface area contributed by atoms with Crippen molar-refractivity contribution in [2.24, 2.45) is 10.8 Å². The van der Waals surface area contributed by atoms with E-state index in [2.05, 4.69) is 5.10 Å². The number of hydrogen-bond acceptors (Lipinski definition) is 7. The molecule has 0 saturated carbocycles. The van der Waals surface area contributed by atoms with Crippen molar-refractivity contribution in [1.82, 2.24) is 5.17 Å². The maximum Gasteiger partial charge on any atom is 0.319 e. The third-order valence-electron chi connectivity index (χ3n) is 3.17. The molecule has 0 aliphatic rings. The van der Waals surface area contributed by atoms with Crippen LogP contribution in [0.15, 0.2) is 52.5 Å². The topological polar surface area (TPSA) is 152 Å². The summed E-state index contributed by atoms with van der Waals surface area (Å²) < 4.78 is 29.3. The highest BCUT2D eigenvalue weighted by atomic mass is 35.5. The van der Waals surface area contributed by atoms with E-state index in [1.54, 1.807) is 19.1 Å². The van der Waals surface area contributed by atoms with E-state index in [-0.39, 0.29) is 26.3 Å². The number of hydroxylamine groups is 1. The molecule has 0 fully saturated rings. The van der Waals surface area contributed by atoms with Gasteiger partial charge in [-0.2, -0.15) is 8.42 Å². The fraction of sp³-hybridized carbons (Fsp3) is 0.0667. The molecule has 0 aliphatic carbocycles. The van der Waals surface area contributed by atoms with Crippen LogP contribution in [0.4, 0.5) is 5.69 Å². The molecule has 2 rings (SSSR count). The second-order valence-corrected chi connectivity index (χ2v) is 7.17. The van der Waals surface area contributed by atoms with Crippen molar-refractivity contribution < 1.29 is 17.6 Å². The third kappa shape index (κ3) is 5.23. The smallest absolute Gasteiger partial charge is 0.319 e. The summed E-state index contributed by atoms with van der Waals surface area (Å²) in [5.41, 5.74) is 5.76. The minimum atomic E-state index is -4.33. The fourth-order valence-electron chi connectivity index (χ4n) is 1.87. The van der Waals surface area contributed by atoms with Crippen LogP contribution in [0.1, 0.15) is 11.1 Å². The van der Waals surface area contributed by atoms with Crippen molar-refractivity contribution in [3.63, 3.8) is 0 Å². The lowest BCUT2D eigenvalue weighted by Gasteiger charge is -2.15. The molecule has 0 unspecified atom stereocenters. The third-order valence-corrected chi connectivity index (χ3v) is 4.59. The Labute approximate surface area is 159 Å². The maximum absolute atomic E-state index is 12.3. The zero-order valence-electron chi connectivity index (χ0n) is 13.9. The fourth-order valence-corrected chi connectivity index (χ4v) is 2.91. The summed E-state index contributed by atoms with van der Waals surface area (Å²) in [4.78, 5) is 10.2. The van der Waals surface area contributed by atoms with Crippen molar-refractivity contribution in [3.05, 3.63) is 68.7 Å². The first-order chi connectivity index (χ1) is 12.6. The van der Waals surface area contributed by atoms with E-state index in [4.69, 9.17) is 27.0 Å². The lowest BCUT2D eigenvalue weighted by molar-refractivity contribution is -0.385. The van der Waals surface area contributed by atoms with Crippen LogP contribution in [0.3, 0.4) is 0 Å². The van der Waals surface area contributed by atoms with E-state index < -0.39 is 21.0 Å². The molecule has 0 aliphatic heterocycles. The van der Waals surface area contributed by atoms with Gasteiger partial charge in [0.05, 0.1) is 21.6 Å². The van der Waals surface area contributed by atoms with Crippen LogP contribution in [0.2, 0.25) is 5.02 Å². The molecule has 10 nitrogen and oxygen atoms in total. The van der Waals surface area contributed by atoms with Crippen molar-refractivity contribution in [1.29, 1.82) is 5.41 Å². The number of benzene rings is 2. The quantitative estimate of drug-likeness (QED) is 0.320. The summed E-state index contributed by atoms with van der Waals surface area (Å²) in [6.45, 7) is 1.78. The van der Waals surface area contributed by atoms with Crippen LogP contribution >= 0.6 is 11.6 Å². The number of halogens is 1. The molecule has 142 valence electrons. The minimum Gasteiger partial charge on any atom is -0.367 e. The summed E-state index contributed by atoms with van der Waals surface area (Å²) in [7, 11) is -4.33. The molecule has 0 atom stereocenters. The lowest BCUT2D eigenvalue weighted by atomic mass is 10.2. The Kier molecular flexibility index (Phi) is 6.10. The Morgan fingerprint density at radius 2 is 1.96 bits per heavy atom. The first kappa shape index (κ1) is 20.3. The molecule has 0 radical (unpaired) electrons. The van der Waals surface area contributed by atoms with E-state index >= 15 is 0 Å². The molecule has 27 heavy (non-hydrogen) atoms. The van der Waals surface area contributed by atoms with Gasteiger partial charge in [-0.3, -0.25) is 15.5 Å². The number of hydrazone groups is 1. The summed E-state index contributed by atoms with van der Waals surface area (Å²) in [6, 6.07) is 9.47. The SMILES string of the molecule is Cc1ccc(S(=O)(=O)ON(N=Cc2cc(Cl)ccc2[N+](=O)[O-])C(=N)N)cc1. The van der Waals surface area contributed by atoms with Gasteiger partial charge in [-0.05, 0) is 31.2 Å². The molecule has 12 heteroatoms. The molecule has 0 bridgehead atoms. The molecular formula is C15H14ClN5O5S. The zero-order chi connectivity index (χ0) is 20.2. The van der Waals surface area contributed by atoms with Gasteiger partial charge in [0.25, 0.3) is 5.69 Å². The first-order valence-corrected chi connectivity index (χ1v) is 9.02. The van der Waals surface area contributed by atoms with Crippen molar-refractivity contribution in [2.75, 3.05) is 0 Å². The molecular weight excluding hydrogens is 398 g/mol. The van der Waals surface area contributed by atoms with Gasteiger partial charge in [0.2, 0.25) is 5.96 Å². The molecule has 0 amide bonds. The predicted molar refractivity (Wildman–Crippen MR) is 98.9 cm³/mol. The second-order valence-electron chi connectivity index (χ2n) is 5.20.